The first-order valence-corrected chi connectivity index (χ1v) is 13.1. The number of nitrogens with one attached hydrogen (secondary N) is 2. The highest BCUT2D eigenvalue weighted by Crippen LogP contribution is 2.25. The van der Waals surface area contributed by atoms with E-state index >= 15 is 0 Å². The van der Waals surface area contributed by atoms with Crippen molar-refractivity contribution >= 4 is 50.9 Å². The molecule has 8 heteroatoms. The summed E-state index contributed by atoms with van der Waals surface area (Å²) < 4.78 is 6.41. The average molecular weight is 563 g/mol. The molecule has 7 nitrogen and oxygen atoms in total. The number of nitrogens with two attached hydrogens (primary N) is 1. The lowest BCUT2D eigenvalue weighted by molar-refractivity contribution is -0.118. The van der Waals surface area contributed by atoms with Crippen LogP contribution in [0.2, 0.25) is 0 Å². The molecular formula is C29H31BrN4O3. The van der Waals surface area contributed by atoms with Gasteiger partial charge >= 0.3 is 0 Å². The van der Waals surface area contributed by atoms with E-state index in [9.17, 15) is 9.59 Å². The van der Waals surface area contributed by atoms with Crippen molar-refractivity contribution in [3.63, 3.8) is 0 Å². The first kappa shape index (κ1) is 26.6. The molecule has 0 aliphatic carbocycles. The summed E-state index contributed by atoms with van der Waals surface area (Å²) in [7, 11) is 0. The molecule has 4 rings (SSSR count). The lowest BCUT2D eigenvalue weighted by atomic mass is 9.93. The van der Waals surface area contributed by atoms with Crippen LogP contribution in [0.25, 0.3) is 6.08 Å². The van der Waals surface area contributed by atoms with Gasteiger partial charge in [-0.3, -0.25) is 14.5 Å². The highest BCUT2D eigenvalue weighted by molar-refractivity contribution is 9.10. The van der Waals surface area contributed by atoms with Crippen molar-refractivity contribution in [3.05, 3.63) is 94.5 Å². The Morgan fingerprint density at radius 3 is 2.38 bits per heavy atom. The van der Waals surface area contributed by atoms with Crippen molar-refractivity contribution < 1.29 is 14.3 Å². The molecule has 37 heavy (non-hydrogen) atoms. The summed E-state index contributed by atoms with van der Waals surface area (Å²) in [4.78, 5) is 28.0. The van der Waals surface area contributed by atoms with Gasteiger partial charge in [-0.15, -0.1) is 0 Å². The molecule has 0 spiro atoms. The Bertz CT molecular complexity index is 1220. The fraction of sp³-hybridized carbons (Fsp3) is 0.241. The van der Waals surface area contributed by atoms with E-state index in [1.54, 1.807) is 18.2 Å². The molecule has 1 heterocycles. The SMILES string of the molecule is Nc1ccccc1NC(=O)C=Cc1ccc(C(CCN2CCOCC2)C(=O)Nc2ccc(Br)cc2)cc1. The van der Waals surface area contributed by atoms with Crippen molar-refractivity contribution in [1.82, 2.24) is 4.90 Å². The maximum atomic E-state index is 13.3. The quantitative estimate of drug-likeness (QED) is 0.248. The second-order valence-electron chi connectivity index (χ2n) is 8.87. The summed E-state index contributed by atoms with van der Waals surface area (Å²) in [5, 5.41) is 5.84. The number of ether oxygens (including phenoxy) is 1. The molecule has 1 aliphatic rings. The third-order valence-electron chi connectivity index (χ3n) is 6.25. The largest absolute Gasteiger partial charge is 0.397 e. The predicted molar refractivity (Wildman–Crippen MR) is 152 cm³/mol. The van der Waals surface area contributed by atoms with Gasteiger partial charge in [0.05, 0.1) is 30.5 Å². The van der Waals surface area contributed by atoms with Gasteiger partial charge in [0.25, 0.3) is 0 Å². The number of halogens is 1. The van der Waals surface area contributed by atoms with Crippen LogP contribution in [0.1, 0.15) is 23.5 Å². The minimum absolute atomic E-state index is 0.0429. The lowest BCUT2D eigenvalue weighted by Crippen LogP contribution is -2.38. The van der Waals surface area contributed by atoms with Crippen LogP contribution in [0, 0.1) is 0 Å². The number of carbonyl (C=O) groups is 2. The number of hydrogen-bond acceptors (Lipinski definition) is 5. The van der Waals surface area contributed by atoms with Crippen LogP contribution in [0.3, 0.4) is 0 Å². The second kappa shape index (κ2) is 13.2. The maximum absolute atomic E-state index is 13.3. The molecule has 1 saturated heterocycles. The normalized spacial score (nSPS) is 14.8. The van der Waals surface area contributed by atoms with Gasteiger partial charge in [-0.2, -0.15) is 0 Å². The van der Waals surface area contributed by atoms with E-state index in [4.69, 9.17) is 10.5 Å². The molecule has 3 aromatic rings. The van der Waals surface area contributed by atoms with Crippen LogP contribution >= 0.6 is 15.9 Å². The summed E-state index contributed by atoms with van der Waals surface area (Å²) in [5.74, 6) is -0.619. The van der Waals surface area contributed by atoms with Crippen LogP contribution in [-0.2, 0) is 14.3 Å². The molecule has 1 aliphatic heterocycles. The highest BCUT2D eigenvalue weighted by atomic mass is 79.9. The van der Waals surface area contributed by atoms with E-state index in [2.05, 4.69) is 31.5 Å². The third-order valence-corrected chi connectivity index (χ3v) is 6.78. The van der Waals surface area contributed by atoms with Crippen molar-refractivity contribution in [2.75, 3.05) is 49.2 Å². The Balaban J connectivity index is 1.43. The van der Waals surface area contributed by atoms with E-state index in [-0.39, 0.29) is 17.7 Å². The van der Waals surface area contributed by atoms with Crippen LogP contribution in [0.5, 0.6) is 0 Å². The zero-order valence-corrected chi connectivity index (χ0v) is 22.1. The van der Waals surface area contributed by atoms with Gasteiger partial charge < -0.3 is 21.1 Å². The Hall–Kier alpha value is -3.46. The zero-order chi connectivity index (χ0) is 26.0. The molecular weight excluding hydrogens is 532 g/mol. The molecule has 3 aromatic carbocycles. The first-order chi connectivity index (χ1) is 18.0. The van der Waals surface area contributed by atoms with Gasteiger partial charge in [0, 0.05) is 29.3 Å². The number of morpholine rings is 1. The molecule has 1 unspecified atom stereocenters. The molecule has 1 atom stereocenters. The molecule has 4 N–H and O–H groups in total. The van der Waals surface area contributed by atoms with Crippen LogP contribution in [-0.4, -0.2) is 49.6 Å². The standard InChI is InChI=1S/C29H31BrN4O3/c30-23-10-12-24(13-11-23)32-29(36)25(15-16-34-17-19-37-20-18-34)22-8-5-21(6-9-22)7-14-28(35)33-27-4-2-1-3-26(27)31/h1-14,25H,15-20,31H2,(H,32,36)(H,33,35). The summed E-state index contributed by atoms with van der Waals surface area (Å²) in [6, 6.07) is 22.4. The number of rotatable bonds is 9. The number of benzene rings is 3. The molecule has 0 bridgehead atoms. The van der Waals surface area contributed by atoms with Crippen LogP contribution in [0.4, 0.5) is 17.1 Å². The van der Waals surface area contributed by atoms with Crippen LogP contribution < -0.4 is 16.4 Å². The second-order valence-corrected chi connectivity index (χ2v) is 9.78. The van der Waals surface area contributed by atoms with Gasteiger partial charge in [-0.05, 0) is 66.6 Å². The number of anilines is 3. The van der Waals surface area contributed by atoms with Gasteiger partial charge in [0.15, 0.2) is 0 Å². The number of amides is 2. The molecule has 1 fully saturated rings. The van der Waals surface area contributed by atoms with E-state index in [0.29, 0.717) is 17.8 Å². The van der Waals surface area contributed by atoms with Crippen molar-refractivity contribution in [2.45, 2.75) is 12.3 Å². The van der Waals surface area contributed by atoms with Crippen molar-refractivity contribution in [3.8, 4) is 0 Å². The lowest BCUT2D eigenvalue weighted by Gasteiger charge is -2.28. The number of nitrogen functional groups attached to an aromatic ring is 1. The fourth-order valence-electron chi connectivity index (χ4n) is 4.14. The molecule has 0 aromatic heterocycles. The topological polar surface area (TPSA) is 96.7 Å². The third kappa shape index (κ3) is 8.01. The zero-order valence-electron chi connectivity index (χ0n) is 20.5. The Labute approximate surface area is 225 Å². The molecule has 2 amide bonds. The monoisotopic (exact) mass is 562 g/mol. The highest BCUT2D eigenvalue weighted by Gasteiger charge is 2.22. The van der Waals surface area contributed by atoms with E-state index < -0.39 is 0 Å². The van der Waals surface area contributed by atoms with Crippen molar-refractivity contribution in [2.24, 2.45) is 0 Å². The van der Waals surface area contributed by atoms with Crippen molar-refractivity contribution in [1.29, 1.82) is 0 Å². The Morgan fingerprint density at radius 1 is 0.973 bits per heavy atom. The fourth-order valence-corrected chi connectivity index (χ4v) is 4.41. The number of carbonyl (C=O) groups excluding carboxylic acids is 2. The molecule has 192 valence electrons. The minimum Gasteiger partial charge on any atom is -0.397 e. The Kier molecular flexibility index (Phi) is 9.48. The van der Waals surface area contributed by atoms with E-state index in [1.807, 2.05) is 60.7 Å². The summed E-state index contributed by atoms with van der Waals surface area (Å²) in [5.41, 5.74) is 9.53. The Morgan fingerprint density at radius 2 is 1.68 bits per heavy atom. The van der Waals surface area contributed by atoms with E-state index in [1.165, 1.54) is 6.08 Å². The summed E-state index contributed by atoms with van der Waals surface area (Å²) >= 11 is 3.43. The average Bonchev–Trinajstić information content (AvgIpc) is 2.91. The summed E-state index contributed by atoms with van der Waals surface area (Å²) in [6.07, 6.45) is 3.90. The minimum atomic E-state index is -0.311. The smallest absolute Gasteiger partial charge is 0.248 e. The maximum Gasteiger partial charge on any atom is 0.248 e. The summed E-state index contributed by atoms with van der Waals surface area (Å²) in [6.45, 7) is 4.01. The number of nitrogens with zero attached hydrogens (tertiary/aromatic N) is 1. The van der Waals surface area contributed by atoms with Gasteiger partial charge in [0.1, 0.15) is 0 Å². The number of para-hydroxylation sites is 2. The van der Waals surface area contributed by atoms with E-state index in [0.717, 1.165) is 54.1 Å². The van der Waals surface area contributed by atoms with Gasteiger partial charge in [-0.1, -0.05) is 52.3 Å². The molecule has 0 saturated carbocycles. The van der Waals surface area contributed by atoms with Crippen LogP contribution in [0.15, 0.2) is 83.3 Å². The van der Waals surface area contributed by atoms with Gasteiger partial charge in [0.2, 0.25) is 11.8 Å². The molecule has 0 radical (unpaired) electrons. The number of hydrogen-bond donors (Lipinski definition) is 3. The first-order valence-electron chi connectivity index (χ1n) is 12.3. The predicted octanol–water partition coefficient (Wildman–Crippen LogP) is 5.13. The van der Waals surface area contributed by atoms with Gasteiger partial charge in [-0.25, -0.2) is 0 Å².